The zero-order valence-electron chi connectivity index (χ0n) is 11.3. The molecule has 0 saturated carbocycles. The first-order chi connectivity index (χ1) is 9.74. The van der Waals surface area contributed by atoms with Gasteiger partial charge in [0.15, 0.2) is 5.92 Å². The van der Waals surface area contributed by atoms with E-state index in [0.29, 0.717) is 5.56 Å². The van der Waals surface area contributed by atoms with Crippen LogP contribution in [0, 0.1) is 11.3 Å². The van der Waals surface area contributed by atoms with Crippen LogP contribution in [-0.2, 0) is 11.2 Å². The summed E-state index contributed by atoms with van der Waals surface area (Å²) in [6, 6.07) is 18.8. The SMILES string of the molecule is CCc1cccc(NC(=O)C(C#N)c2ccccc2)c1. The fraction of sp³-hybridized carbons (Fsp3) is 0.176. The second kappa shape index (κ2) is 6.53. The molecule has 2 aromatic rings. The van der Waals surface area contributed by atoms with Gasteiger partial charge in [-0.3, -0.25) is 4.79 Å². The molecule has 1 atom stereocenters. The number of anilines is 1. The molecule has 0 aliphatic rings. The quantitative estimate of drug-likeness (QED) is 0.919. The van der Waals surface area contributed by atoms with Crippen LogP contribution >= 0.6 is 0 Å². The van der Waals surface area contributed by atoms with Crippen molar-refractivity contribution >= 4 is 11.6 Å². The van der Waals surface area contributed by atoms with E-state index in [9.17, 15) is 10.1 Å². The highest BCUT2D eigenvalue weighted by Gasteiger charge is 2.19. The Balaban J connectivity index is 2.16. The lowest BCUT2D eigenvalue weighted by Gasteiger charge is -2.11. The highest BCUT2D eigenvalue weighted by Crippen LogP contribution is 2.18. The lowest BCUT2D eigenvalue weighted by atomic mass is 10.00. The Hall–Kier alpha value is -2.60. The monoisotopic (exact) mass is 264 g/mol. The number of carbonyl (C=O) groups is 1. The lowest BCUT2D eigenvalue weighted by molar-refractivity contribution is -0.116. The van der Waals surface area contributed by atoms with Gasteiger partial charge in [-0.2, -0.15) is 5.26 Å². The minimum Gasteiger partial charge on any atom is -0.325 e. The molecule has 20 heavy (non-hydrogen) atoms. The van der Waals surface area contributed by atoms with Gasteiger partial charge in [-0.1, -0.05) is 49.4 Å². The third-order valence-corrected chi connectivity index (χ3v) is 3.13. The minimum atomic E-state index is -0.790. The van der Waals surface area contributed by atoms with Gasteiger partial charge in [0.25, 0.3) is 0 Å². The van der Waals surface area contributed by atoms with Gasteiger partial charge in [0.1, 0.15) is 0 Å². The smallest absolute Gasteiger partial charge is 0.246 e. The average molecular weight is 264 g/mol. The molecule has 0 aliphatic carbocycles. The molecule has 0 spiro atoms. The van der Waals surface area contributed by atoms with Gasteiger partial charge in [-0.25, -0.2) is 0 Å². The van der Waals surface area contributed by atoms with Gasteiger partial charge in [0.2, 0.25) is 5.91 Å². The van der Waals surface area contributed by atoms with Crippen molar-refractivity contribution in [3.05, 3.63) is 65.7 Å². The summed E-state index contributed by atoms with van der Waals surface area (Å²) in [5.41, 5.74) is 2.58. The van der Waals surface area contributed by atoms with E-state index >= 15 is 0 Å². The van der Waals surface area contributed by atoms with E-state index in [0.717, 1.165) is 17.7 Å². The predicted octanol–water partition coefficient (Wildman–Crippen LogP) is 3.49. The van der Waals surface area contributed by atoms with Crippen LogP contribution in [0.1, 0.15) is 24.0 Å². The van der Waals surface area contributed by atoms with Crippen LogP contribution < -0.4 is 5.32 Å². The van der Waals surface area contributed by atoms with E-state index in [1.807, 2.05) is 42.5 Å². The number of nitrogens with one attached hydrogen (secondary N) is 1. The summed E-state index contributed by atoms with van der Waals surface area (Å²) in [6.07, 6.45) is 0.907. The van der Waals surface area contributed by atoms with Gasteiger partial charge in [-0.05, 0) is 29.7 Å². The zero-order valence-corrected chi connectivity index (χ0v) is 11.3. The summed E-state index contributed by atoms with van der Waals surface area (Å²) < 4.78 is 0. The standard InChI is InChI=1S/C17H16N2O/c1-2-13-7-6-10-15(11-13)19-17(20)16(12-18)14-8-4-3-5-9-14/h3-11,16H,2H2,1H3,(H,19,20). The zero-order chi connectivity index (χ0) is 14.4. The number of nitriles is 1. The molecule has 0 aliphatic heterocycles. The number of amides is 1. The summed E-state index contributed by atoms with van der Waals surface area (Å²) in [5, 5.41) is 12.0. The van der Waals surface area contributed by atoms with Crippen molar-refractivity contribution in [2.75, 3.05) is 5.32 Å². The lowest BCUT2D eigenvalue weighted by Crippen LogP contribution is -2.20. The van der Waals surface area contributed by atoms with E-state index in [4.69, 9.17) is 0 Å². The van der Waals surface area contributed by atoms with Crippen molar-refractivity contribution in [3.63, 3.8) is 0 Å². The van der Waals surface area contributed by atoms with Gasteiger partial charge in [-0.15, -0.1) is 0 Å². The molecule has 0 aromatic heterocycles. The molecule has 0 fully saturated rings. The van der Waals surface area contributed by atoms with E-state index in [1.165, 1.54) is 0 Å². The largest absolute Gasteiger partial charge is 0.325 e. The van der Waals surface area contributed by atoms with Gasteiger partial charge in [0.05, 0.1) is 6.07 Å². The number of aryl methyl sites for hydroxylation is 1. The average Bonchev–Trinajstić information content (AvgIpc) is 2.49. The highest BCUT2D eigenvalue weighted by atomic mass is 16.1. The number of benzene rings is 2. The molecule has 1 unspecified atom stereocenters. The third kappa shape index (κ3) is 3.24. The fourth-order valence-electron chi connectivity index (χ4n) is 2.01. The van der Waals surface area contributed by atoms with E-state index < -0.39 is 5.92 Å². The summed E-state index contributed by atoms with van der Waals surface area (Å²) in [4.78, 5) is 12.2. The van der Waals surface area contributed by atoms with Crippen molar-refractivity contribution in [1.29, 1.82) is 5.26 Å². The Kier molecular flexibility index (Phi) is 4.52. The first kappa shape index (κ1) is 13.8. The van der Waals surface area contributed by atoms with Crippen molar-refractivity contribution < 1.29 is 4.79 Å². The topological polar surface area (TPSA) is 52.9 Å². The summed E-state index contributed by atoms with van der Waals surface area (Å²) >= 11 is 0. The van der Waals surface area contributed by atoms with Crippen LogP contribution in [0.25, 0.3) is 0 Å². The highest BCUT2D eigenvalue weighted by molar-refractivity contribution is 5.97. The number of nitrogens with zero attached hydrogens (tertiary/aromatic N) is 1. The molecule has 3 heteroatoms. The molecule has 0 saturated heterocycles. The molecule has 0 radical (unpaired) electrons. The van der Waals surface area contributed by atoms with Crippen LogP contribution in [0.5, 0.6) is 0 Å². The van der Waals surface area contributed by atoms with Crippen LogP contribution in [0.15, 0.2) is 54.6 Å². The Labute approximate surface area is 118 Å². The second-order valence-electron chi connectivity index (χ2n) is 4.52. The number of hydrogen-bond donors (Lipinski definition) is 1. The Morgan fingerprint density at radius 2 is 1.95 bits per heavy atom. The fourth-order valence-corrected chi connectivity index (χ4v) is 2.01. The maximum atomic E-state index is 12.2. The Morgan fingerprint density at radius 3 is 2.60 bits per heavy atom. The van der Waals surface area contributed by atoms with Gasteiger partial charge >= 0.3 is 0 Å². The molecule has 2 aromatic carbocycles. The van der Waals surface area contributed by atoms with Crippen LogP contribution in [0.3, 0.4) is 0 Å². The van der Waals surface area contributed by atoms with Crippen LogP contribution in [0.4, 0.5) is 5.69 Å². The van der Waals surface area contributed by atoms with Gasteiger partial charge in [0, 0.05) is 5.69 Å². The van der Waals surface area contributed by atoms with Gasteiger partial charge < -0.3 is 5.32 Å². The predicted molar refractivity (Wildman–Crippen MR) is 79.2 cm³/mol. The number of rotatable bonds is 4. The van der Waals surface area contributed by atoms with E-state index in [1.54, 1.807) is 12.1 Å². The van der Waals surface area contributed by atoms with Crippen LogP contribution in [-0.4, -0.2) is 5.91 Å². The molecule has 2 rings (SSSR count). The minimum absolute atomic E-state index is 0.299. The first-order valence-electron chi connectivity index (χ1n) is 6.59. The molecule has 0 bridgehead atoms. The van der Waals surface area contributed by atoms with Crippen molar-refractivity contribution in [3.8, 4) is 6.07 Å². The summed E-state index contributed by atoms with van der Waals surface area (Å²) in [6.45, 7) is 2.06. The van der Waals surface area contributed by atoms with Crippen LogP contribution in [0.2, 0.25) is 0 Å². The molecule has 100 valence electrons. The van der Waals surface area contributed by atoms with E-state index in [-0.39, 0.29) is 5.91 Å². The van der Waals surface area contributed by atoms with Crippen molar-refractivity contribution in [2.45, 2.75) is 19.3 Å². The maximum absolute atomic E-state index is 12.2. The van der Waals surface area contributed by atoms with Crippen molar-refractivity contribution in [1.82, 2.24) is 0 Å². The summed E-state index contributed by atoms with van der Waals surface area (Å²) in [7, 11) is 0. The molecular weight excluding hydrogens is 248 g/mol. The van der Waals surface area contributed by atoms with Crippen molar-refractivity contribution in [2.24, 2.45) is 0 Å². The molecular formula is C17H16N2O. The third-order valence-electron chi connectivity index (χ3n) is 3.13. The molecule has 3 nitrogen and oxygen atoms in total. The second-order valence-corrected chi connectivity index (χ2v) is 4.52. The number of hydrogen-bond acceptors (Lipinski definition) is 2. The number of carbonyl (C=O) groups excluding carboxylic acids is 1. The normalized spacial score (nSPS) is 11.4. The Bertz CT molecular complexity index is 629. The maximum Gasteiger partial charge on any atom is 0.246 e. The molecule has 1 amide bonds. The molecule has 0 heterocycles. The first-order valence-corrected chi connectivity index (χ1v) is 6.59. The molecule has 1 N–H and O–H groups in total. The summed E-state index contributed by atoms with van der Waals surface area (Å²) in [5.74, 6) is -1.09. The van der Waals surface area contributed by atoms with E-state index in [2.05, 4.69) is 18.3 Å². The Morgan fingerprint density at radius 1 is 1.20 bits per heavy atom.